The minimum atomic E-state index is -0.575. The first-order valence-electron chi connectivity index (χ1n) is 9.46. The molecule has 2 amide bonds. The first-order valence-corrected chi connectivity index (χ1v) is 10.7. The van der Waals surface area contributed by atoms with Crippen LogP contribution in [0.5, 0.6) is 5.75 Å². The predicted molar refractivity (Wildman–Crippen MR) is 126 cm³/mol. The number of nitrogens with zero attached hydrogens (tertiary/aromatic N) is 1. The molecule has 0 saturated carbocycles. The van der Waals surface area contributed by atoms with Gasteiger partial charge < -0.3 is 9.15 Å². The largest absolute Gasteiger partial charge is 0.494 e. The molecule has 0 atom stereocenters. The first kappa shape index (κ1) is 21.0. The Hall–Kier alpha value is -3.23. The van der Waals surface area contributed by atoms with Crippen molar-refractivity contribution < 1.29 is 18.7 Å². The van der Waals surface area contributed by atoms with Crippen molar-refractivity contribution >= 4 is 56.8 Å². The fourth-order valence-electron chi connectivity index (χ4n) is 3.11. The molecule has 1 fully saturated rings. The molecular formula is C23H17BrN2O4S. The summed E-state index contributed by atoms with van der Waals surface area (Å²) >= 11 is 8.64. The lowest BCUT2D eigenvalue weighted by Crippen LogP contribution is -2.54. The highest BCUT2D eigenvalue weighted by molar-refractivity contribution is 9.10. The molecule has 3 aromatic rings. The third-order valence-electron chi connectivity index (χ3n) is 4.53. The molecular weight excluding hydrogens is 480 g/mol. The standard InChI is InChI=1S/C23H17BrN2O4S/c1-2-29-17-5-3-4-16(12-17)26-22(28)19(21(27)25-23(26)31)13-18-10-11-20(30-18)14-6-8-15(24)9-7-14/h3-13H,2H2,1H3,(H,25,27,31)/b19-13-. The lowest BCUT2D eigenvalue weighted by molar-refractivity contribution is -0.122. The third kappa shape index (κ3) is 4.45. The van der Waals surface area contributed by atoms with Crippen LogP contribution in [0.25, 0.3) is 17.4 Å². The summed E-state index contributed by atoms with van der Waals surface area (Å²) in [4.78, 5) is 26.9. The number of amides is 2. The summed E-state index contributed by atoms with van der Waals surface area (Å²) < 4.78 is 12.3. The van der Waals surface area contributed by atoms with Crippen molar-refractivity contribution in [2.24, 2.45) is 0 Å². The van der Waals surface area contributed by atoms with Gasteiger partial charge in [0.1, 0.15) is 22.8 Å². The van der Waals surface area contributed by atoms with Gasteiger partial charge in [0.25, 0.3) is 11.8 Å². The summed E-state index contributed by atoms with van der Waals surface area (Å²) in [6.45, 7) is 2.36. The minimum Gasteiger partial charge on any atom is -0.494 e. The molecule has 2 aromatic carbocycles. The van der Waals surface area contributed by atoms with Crippen molar-refractivity contribution in [3.8, 4) is 17.1 Å². The Bertz CT molecular complexity index is 1200. The Morgan fingerprint density at radius 1 is 1.13 bits per heavy atom. The monoisotopic (exact) mass is 496 g/mol. The number of rotatable bonds is 5. The lowest BCUT2D eigenvalue weighted by atomic mass is 10.1. The van der Waals surface area contributed by atoms with Gasteiger partial charge in [-0.15, -0.1) is 0 Å². The van der Waals surface area contributed by atoms with Crippen LogP contribution in [0.2, 0.25) is 0 Å². The Morgan fingerprint density at radius 3 is 2.65 bits per heavy atom. The van der Waals surface area contributed by atoms with Crippen LogP contribution in [0.4, 0.5) is 5.69 Å². The number of furan rings is 1. The molecule has 1 N–H and O–H groups in total. The van der Waals surface area contributed by atoms with E-state index in [2.05, 4.69) is 21.2 Å². The average Bonchev–Trinajstić information content (AvgIpc) is 3.21. The van der Waals surface area contributed by atoms with Crippen LogP contribution >= 0.6 is 28.1 Å². The Kier molecular flexibility index (Phi) is 6.01. The lowest BCUT2D eigenvalue weighted by Gasteiger charge is -2.29. The number of halogens is 1. The average molecular weight is 497 g/mol. The predicted octanol–water partition coefficient (Wildman–Crippen LogP) is 4.94. The van der Waals surface area contributed by atoms with E-state index in [1.807, 2.05) is 31.2 Å². The Morgan fingerprint density at radius 2 is 1.90 bits per heavy atom. The van der Waals surface area contributed by atoms with Gasteiger partial charge in [-0.3, -0.25) is 19.8 Å². The molecule has 0 radical (unpaired) electrons. The van der Waals surface area contributed by atoms with Crippen molar-refractivity contribution in [1.82, 2.24) is 5.32 Å². The first-order chi connectivity index (χ1) is 15.0. The molecule has 0 unspecified atom stereocenters. The summed E-state index contributed by atoms with van der Waals surface area (Å²) in [6.07, 6.45) is 1.42. The van der Waals surface area contributed by atoms with Crippen molar-refractivity contribution in [1.29, 1.82) is 0 Å². The van der Waals surface area contributed by atoms with E-state index in [1.165, 1.54) is 11.0 Å². The minimum absolute atomic E-state index is 0.01000. The van der Waals surface area contributed by atoms with Crippen molar-refractivity contribution in [2.45, 2.75) is 6.92 Å². The highest BCUT2D eigenvalue weighted by Crippen LogP contribution is 2.28. The van der Waals surface area contributed by atoms with E-state index in [-0.39, 0.29) is 10.7 Å². The van der Waals surface area contributed by atoms with E-state index in [0.29, 0.717) is 29.6 Å². The van der Waals surface area contributed by atoms with E-state index >= 15 is 0 Å². The van der Waals surface area contributed by atoms with Crippen LogP contribution in [0.15, 0.2) is 75.1 Å². The zero-order chi connectivity index (χ0) is 22.0. The summed E-state index contributed by atoms with van der Waals surface area (Å²) in [6, 6.07) is 18.1. The normalized spacial score (nSPS) is 15.4. The highest BCUT2D eigenvalue weighted by Gasteiger charge is 2.35. The number of hydrogen-bond acceptors (Lipinski definition) is 5. The van der Waals surface area contributed by atoms with Gasteiger partial charge >= 0.3 is 0 Å². The maximum atomic E-state index is 13.2. The van der Waals surface area contributed by atoms with Gasteiger partial charge in [0.15, 0.2) is 5.11 Å². The zero-order valence-electron chi connectivity index (χ0n) is 16.4. The van der Waals surface area contributed by atoms with Crippen molar-refractivity contribution in [3.05, 3.63) is 76.5 Å². The van der Waals surface area contributed by atoms with E-state index in [4.69, 9.17) is 21.4 Å². The van der Waals surface area contributed by atoms with Gasteiger partial charge in [-0.1, -0.05) is 34.1 Å². The number of carbonyl (C=O) groups is 2. The fourth-order valence-corrected chi connectivity index (χ4v) is 3.66. The summed E-state index contributed by atoms with van der Waals surface area (Å²) in [5, 5.41) is 2.58. The molecule has 4 rings (SSSR count). The molecule has 1 aliphatic rings. The molecule has 1 aromatic heterocycles. The van der Waals surface area contributed by atoms with E-state index in [1.54, 1.807) is 36.4 Å². The molecule has 0 bridgehead atoms. The summed E-state index contributed by atoms with van der Waals surface area (Å²) in [7, 11) is 0. The molecule has 8 heteroatoms. The van der Waals surface area contributed by atoms with Crippen LogP contribution in [-0.2, 0) is 9.59 Å². The summed E-state index contributed by atoms with van der Waals surface area (Å²) in [5.74, 6) is 0.494. The molecule has 6 nitrogen and oxygen atoms in total. The quantitative estimate of drug-likeness (QED) is 0.307. The summed E-state index contributed by atoms with van der Waals surface area (Å²) in [5.41, 5.74) is 1.30. The van der Waals surface area contributed by atoms with Crippen LogP contribution < -0.4 is 15.0 Å². The van der Waals surface area contributed by atoms with Gasteiger partial charge in [-0.25, -0.2) is 0 Å². The number of carbonyl (C=O) groups excluding carboxylic acids is 2. The van der Waals surface area contributed by atoms with Gasteiger partial charge in [-0.2, -0.15) is 0 Å². The molecule has 1 aliphatic heterocycles. The van der Waals surface area contributed by atoms with E-state index in [9.17, 15) is 9.59 Å². The molecule has 0 aliphatic carbocycles. The van der Waals surface area contributed by atoms with E-state index in [0.717, 1.165) is 10.0 Å². The third-order valence-corrected chi connectivity index (χ3v) is 5.34. The number of thiocarbonyl (C=S) groups is 1. The van der Waals surface area contributed by atoms with Gasteiger partial charge in [0, 0.05) is 16.1 Å². The van der Waals surface area contributed by atoms with Crippen LogP contribution in [-0.4, -0.2) is 23.5 Å². The number of ether oxygens (including phenoxy) is 1. The molecule has 1 saturated heterocycles. The number of nitrogens with one attached hydrogen (secondary N) is 1. The second kappa shape index (κ2) is 8.87. The van der Waals surface area contributed by atoms with Crippen LogP contribution in [0.1, 0.15) is 12.7 Å². The molecule has 2 heterocycles. The highest BCUT2D eigenvalue weighted by atomic mass is 79.9. The molecule has 156 valence electrons. The van der Waals surface area contributed by atoms with Gasteiger partial charge in [0.05, 0.1) is 12.3 Å². The molecule has 31 heavy (non-hydrogen) atoms. The maximum absolute atomic E-state index is 13.2. The van der Waals surface area contributed by atoms with Crippen LogP contribution in [0.3, 0.4) is 0 Å². The van der Waals surface area contributed by atoms with Crippen LogP contribution in [0, 0.1) is 0 Å². The topological polar surface area (TPSA) is 71.8 Å². The second-order valence-electron chi connectivity index (χ2n) is 6.60. The Labute approximate surface area is 192 Å². The van der Waals surface area contributed by atoms with Gasteiger partial charge in [0.2, 0.25) is 0 Å². The second-order valence-corrected chi connectivity index (χ2v) is 7.90. The molecule has 0 spiro atoms. The van der Waals surface area contributed by atoms with Gasteiger partial charge in [-0.05, 0) is 61.6 Å². The maximum Gasteiger partial charge on any atom is 0.270 e. The Balaban J connectivity index is 1.65. The fraction of sp³-hybridized carbons (Fsp3) is 0.0870. The number of hydrogen-bond donors (Lipinski definition) is 1. The number of benzene rings is 2. The zero-order valence-corrected chi connectivity index (χ0v) is 18.8. The van der Waals surface area contributed by atoms with Crippen molar-refractivity contribution in [2.75, 3.05) is 11.5 Å². The number of anilines is 1. The van der Waals surface area contributed by atoms with Crippen molar-refractivity contribution in [3.63, 3.8) is 0 Å². The van der Waals surface area contributed by atoms with E-state index < -0.39 is 11.8 Å². The smallest absolute Gasteiger partial charge is 0.270 e. The SMILES string of the molecule is CCOc1cccc(N2C(=O)/C(=C\c3ccc(-c4ccc(Br)cc4)o3)C(=O)NC2=S)c1.